The molecule has 0 radical (unpaired) electrons. The summed E-state index contributed by atoms with van der Waals surface area (Å²) >= 11 is 0. The maximum atomic E-state index is 12.9. The number of nitrogens with one attached hydrogen (secondary N) is 1. The fourth-order valence-corrected chi connectivity index (χ4v) is 2.80. The van der Waals surface area contributed by atoms with Crippen LogP contribution in [0.15, 0.2) is 40.8 Å². The molecular formula is C19H18N2O6. The average molecular weight is 370 g/mol. The van der Waals surface area contributed by atoms with Crippen molar-refractivity contribution < 1.29 is 28.2 Å². The van der Waals surface area contributed by atoms with Crippen LogP contribution in [0.2, 0.25) is 0 Å². The number of hydrogen-bond acceptors (Lipinski definition) is 6. The molecule has 0 saturated carbocycles. The maximum absolute atomic E-state index is 12.9. The standard InChI is InChI=1S/C19H18N2O6/c1-24-13-9-8-11(15(25-2)16(13)26-3)19(23)21-14-10-6-4-5-7-12(10)27-17(14)18(20)22/h4-9H,1-3H3,(H2,20,22)(H,21,23). The molecule has 140 valence electrons. The molecule has 0 aliphatic rings. The lowest BCUT2D eigenvalue weighted by Crippen LogP contribution is -2.18. The van der Waals surface area contributed by atoms with Gasteiger partial charge in [-0.05, 0) is 24.3 Å². The number of methoxy groups -OCH3 is 3. The van der Waals surface area contributed by atoms with E-state index in [9.17, 15) is 9.59 Å². The fourth-order valence-electron chi connectivity index (χ4n) is 2.80. The van der Waals surface area contributed by atoms with E-state index in [1.807, 2.05) is 0 Å². The fraction of sp³-hybridized carbons (Fsp3) is 0.158. The highest BCUT2D eigenvalue weighted by Gasteiger charge is 2.24. The Bertz CT molecular complexity index is 1020. The van der Waals surface area contributed by atoms with Gasteiger partial charge in [0.25, 0.3) is 11.8 Å². The number of nitrogens with two attached hydrogens (primary N) is 1. The number of ether oxygens (including phenoxy) is 3. The van der Waals surface area contributed by atoms with E-state index in [2.05, 4.69) is 5.32 Å². The first kappa shape index (κ1) is 18.1. The van der Waals surface area contributed by atoms with Crippen LogP contribution in [0.25, 0.3) is 11.0 Å². The van der Waals surface area contributed by atoms with Crippen LogP contribution in [0.3, 0.4) is 0 Å². The summed E-state index contributed by atoms with van der Waals surface area (Å²) in [5.41, 5.74) is 6.20. The van der Waals surface area contributed by atoms with Crippen molar-refractivity contribution in [3.8, 4) is 17.2 Å². The summed E-state index contributed by atoms with van der Waals surface area (Å²) < 4.78 is 21.3. The molecule has 0 spiro atoms. The Kier molecular flexibility index (Phi) is 4.89. The summed E-state index contributed by atoms with van der Waals surface area (Å²) in [5, 5.41) is 3.24. The normalized spacial score (nSPS) is 10.5. The topological polar surface area (TPSA) is 113 Å². The quantitative estimate of drug-likeness (QED) is 0.690. The second kappa shape index (κ2) is 7.28. The van der Waals surface area contributed by atoms with E-state index in [0.717, 1.165) is 0 Å². The second-order valence-electron chi connectivity index (χ2n) is 5.50. The molecule has 1 heterocycles. The van der Waals surface area contributed by atoms with Crippen LogP contribution >= 0.6 is 0 Å². The lowest BCUT2D eigenvalue weighted by molar-refractivity contribution is 0.0977. The summed E-state index contributed by atoms with van der Waals surface area (Å²) in [7, 11) is 4.33. The summed E-state index contributed by atoms with van der Waals surface area (Å²) in [5.74, 6) is -0.563. The van der Waals surface area contributed by atoms with Crippen LogP contribution in [0, 0.1) is 0 Å². The van der Waals surface area contributed by atoms with Gasteiger partial charge in [-0.2, -0.15) is 0 Å². The largest absolute Gasteiger partial charge is 0.493 e. The Labute approximate surface area is 154 Å². The van der Waals surface area contributed by atoms with Crippen molar-refractivity contribution in [3.63, 3.8) is 0 Å². The molecule has 8 heteroatoms. The highest BCUT2D eigenvalue weighted by atomic mass is 16.5. The van der Waals surface area contributed by atoms with Gasteiger partial charge in [-0.15, -0.1) is 0 Å². The average Bonchev–Trinajstić information content (AvgIpc) is 3.05. The molecule has 0 aliphatic carbocycles. The first-order valence-corrected chi connectivity index (χ1v) is 7.93. The third kappa shape index (κ3) is 3.12. The molecule has 1 aromatic heterocycles. The van der Waals surface area contributed by atoms with Crippen LogP contribution < -0.4 is 25.3 Å². The molecule has 8 nitrogen and oxygen atoms in total. The lowest BCUT2D eigenvalue weighted by atomic mass is 10.1. The van der Waals surface area contributed by atoms with Crippen molar-refractivity contribution in [3.05, 3.63) is 47.7 Å². The molecule has 0 bridgehead atoms. The maximum Gasteiger partial charge on any atom is 0.286 e. The Morgan fingerprint density at radius 3 is 2.30 bits per heavy atom. The van der Waals surface area contributed by atoms with Gasteiger partial charge in [-0.1, -0.05) is 12.1 Å². The van der Waals surface area contributed by atoms with Gasteiger partial charge in [0, 0.05) is 5.39 Å². The third-order valence-electron chi connectivity index (χ3n) is 4.01. The molecule has 3 rings (SSSR count). The number of carbonyl (C=O) groups excluding carboxylic acids is 2. The lowest BCUT2D eigenvalue weighted by Gasteiger charge is -2.15. The monoisotopic (exact) mass is 370 g/mol. The number of para-hydroxylation sites is 1. The third-order valence-corrected chi connectivity index (χ3v) is 4.01. The predicted molar refractivity (Wildman–Crippen MR) is 98.8 cm³/mol. The van der Waals surface area contributed by atoms with Crippen LogP contribution in [0.5, 0.6) is 17.2 Å². The van der Waals surface area contributed by atoms with E-state index in [4.69, 9.17) is 24.4 Å². The first-order chi connectivity index (χ1) is 13.0. The molecule has 3 aromatic rings. The first-order valence-electron chi connectivity index (χ1n) is 7.93. The number of furan rings is 1. The van der Waals surface area contributed by atoms with Gasteiger partial charge in [-0.25, -0.2) is 0 Å². The highest BCUT2D eigenvalue weighted by Crippen LogP contribution is 2.40. The van der Waals surface area contributed by atoms with Crippen LogP contribution in [-0.4, -0.2) is 33.1 Å². The second-order valence-corrected chi connectivity index (χ2v) is 5.50. The Morgan fingerprint density at radius 1 is 0.963 bits per heavy atom. The molecule has 3 N–H and O–H groups in total. The number of carbonyl (C=O) groups is 2. The van der Waals surface area contributed by atoms with Gasteiger partial charge >= 0.3 is 0 Å². The van der Waals surface area contributed by atoms with E-state index < -0.39 is 11.8 Å². The molecule has 0 atom stereocenters. The molecule has 27 heavy (non-hydrogen) atoms. The van der Waals surface area contributed by atoms with Crippen LogP contribution in [-0.2, 0) is 0 Å². The molecule has 0 fully saturated rings. The summed E-state index contributed by atoms with van der Waals surface area (Å²) in [4.78, 5) is 24.6. The number of anilines is 1. The molecule has 2 amide bonds. The van der Waals surface area contributed by atoms with E-state index >= 15 is 0 Å². The van der Waals surface area contributed by atoms with Gasteiger partial charge < -0.3 is 29.7 Å². The van der Waals surface area contributed by atoms with Crippen molar-refractivity contribution in [2.45, 2.75) is 0 Å². The zero-order valence-corrected chi connectivity index (χ0v) is 15.0. The highest BCUT2D eigenvalue weighted by molar-refractivity contribution is 6.15. The van der Waals surface area contributed by atoms with Gasteiger partial charge in [0.1, 0.15) is 11.3 Å². The van der Waals surface area contributed by atoms with Gasteiger partial charge in [-0.3, -0.25) is 9.59 Å². The van der Waals surface area contributed by atoms with Crippen LogP contribution in [0.1, 0.15) is 20.9 Å². The predicted octanol–water partition coefficient (Wildman–Crippen LogP) is 2.81. The summed E-state index contributed by atoms with van der Waals surface area (Å²) in [6, 6.07) is 10.0. The number of fused-ring (bicyclic) bond motifs is 1. The van der Waals surface area contributed by atoms with E-state index in [1.54, 1.807) is 30.3 Å². The Hall–Kier alpha value is -3.68. The minimum Gasteiger partial charge on any atom is -0.493 e. The van der Waals surface area contributed by atoms with E-state index in [0.29, 0.717) is 16.7 Å². The SMILES string of the molecule is COc1ccc(C(=O)Nc2c(C(N)=O)oc3ccccc23)c(OC)c1OC. The van der Waals surface area contributed by atoms with Gasteiger partial charge in [0.05, 0.1) is 26.9 Å². The smallest absolute Gasteiger partial charge is 0.286 e. The number of benzene rings is 2. The van der Waals surface area contributed by atoms with E-state index in [-0.39, 0.29) is 28.5 Å². The minimum absolute atomic E-state index is 0.135. The zero-order chi connectivity index (χ0) is 19.6. The summed E-state index contributed by atoms with van der Waals surface area (Å²) in [6.45, 7) is 0. The van der Waals surface area contributed by atoms with Crippen molar-refractivity contribution in [2.75, 3.05) is 26.6 Å². The molecule has 0 aliphatic heterocycles. The summed E-state index contributed by atoms with van der Waals surface area (Å²) in [6.07, 6.45) is 0. The van der Waals surface area contributed by atoms with E-state index in [1.165, 1.54) is 27.4 Å². The Balaban J connectivity index is 2.08. The number of primary amides is 1. The number of rotatable bonds is 6. The van der Waals surface area contributed by atoms with Crippen molar-refractivity contribution in [2.24, 2.45) is 5.73 Å². The van der Waals surface area contributed by atoms with Crippen molar-refractivity contribution >= 4 is 28.5 Å². The van der Waals surface area contributed by atoms with Crippen molar-refractivity contribution in [1.82, 2.24) is 0 Å². The number of amides is 2. The molecule has 2 aromatic carbocycles. The Morgan fingerprint density at radius 2 is 1.67 bits per heavy atom. The minimum atomic E-state index is -0.791. The number of hydrogen-bond donors (Lipinski definition) is 2. The van der Waals surface area contributed by atoms with Crippen LogP contribution in [0.4, 0.5) is 5.69 Å². The molecule has 0 saturated heterocycles. The molecular weight excluding hydrogens is 352 g/mol. The van der Waals surface area contributed by atoms with Gasteiger partial charge in [0.2, 0.25) is 11.5 Å². The zero-order valence-electron chi connectivity index (χ0n) is 15.0. The van der Waals surface area contributed by atoms with Gasteiger partial charge in [0.15, 0.2) is 11.5 Å². The van der Waals surface area contributed by atoms with Crippen molar-refractivity contribution in [1.29, 1.82) is 0 Å². The molecule has 0 unspecified atom stereocenters.